The van der Waals surface area contributed by atoms with E-state index in [-0.39, 0.29) is 23.9 Å². The van der Waals surface area contributed by atoms with Crippen molar-refractivity contribution >= 4 is 18.3 Å². The SMILES string of the molecule is CNCC1CCN(C(=O)c2c(F)cccc2OC)CC1.Cl. The first-order chi connectivity index (χ1) is 9.67. The number of methoxy groups -OCH3 is 1. The minimum absolute atomic E-state index is 0. The topological polar surface area (TPSA) is 41.6 Å². The molecule has 1 saturated heterocycles. The molecule has 0 aromatic heterocycles. The fraction of sp³-hybridized carbons (Fsp3) is 0.533. The molecule has 4 nitrogen and oxygen atoms in total. The van der Waals surface area contributed by atoms with Crippen LogP contribution in [0.5, 0.6) is 5.75 Å². The molecule has 1 aliphatic rings. The zero-order valence-electron chi connectivity index (χ0n) is 12.4. The van der Waals surface area contributed by atoms with E-state index in [4.69, 9.17) is 4.74 Å². The van der Waals surface area contributed by atoms with Crippen molar-refractivity contribution in [2.75, 3.05) is 33.8 Å². The van der Waals surface area contributed by atoms with Crippen LogP contribution in [0.2, 0.25) is 0 Å². The molecule has 1 N–H and O–H groups in total. The Hall–Kier alpha value is -1.33. The molecule has 0 unspecified atom stereocenters. The number of piperidine rings is 1. The number of ether oxygens (including phenoxy) is 1. The van der Waals surface area contributed by atoms with Crippen LogP contribution in [0.4, 0.5) is 4.39 Å². The van der Waals surface area contributed by atoms with E-state index in [1.165, 1.54) is 13.2 Å². The smallest absolute Gasteiger partial charge is 0.260 e. The van der Waals surface area contributed by atoms with Gasteiger partial charge in [0.25, 0.3) is 5.91 Å². The zero-order valence-corrected chi connectivity index (χ0v) is 13.2. The maximum absolute atomic E-state index is 13.9. The van der Waals surface area contributed by atoms with Crippen LogP contribution in [0, 0.1) is 11.7 Å². The summed E-state index contributed by atoms with van der Waals surface area (Å²) >= 11 is 0. The number of nitrogens with one attached hydrogen (secondary N) is 1. The number of nitrogens with zero attached hydrogens (tertiary/aromatic N) is 1. The predicted octanol–water partition coefficient (Wildman–Crippen LogP) is 2.33. The Morgan fingerprint density at radius 3 is 2.67 bits per heavy atom. The van der Waals surface area contributed by atoms with Gasteiger partial charge in [-0.25, -0.2) is 4.39 Å². The lowest BCUT2D eigenvalue weighted by Gasteiger charge is -2.32. The Morgan fingerprint density at radius 2 is 2.10 bits per heavy atom. The van der Waals surface area contributed by atoms with Gasteiger partial charge in [-0.15, -0.1) is 12.4 Å². The summed E-state index contributed by atoms with van der Waals surface area (Å²) in [4.78, 5) is 14.2. The van der Waals surface area contributed by atoms with E-state index in [1.54, 1.807) is 17.0 Å². The van der Waals surface area contributed by atoms with E-state index in [2.05, 4.69) is 5.32 Å². The fourth-order valence-corrected chi connectivity index (χ4v) is 2.67. The van der Waals surface area contributed by atoms with Gasteiger partial charge < -0.3 is 15.0 Å². The standard InChI is InChI=1S/C15H21FN2O2.ClH/c1-17-10-11-6-8-18(9-7-11)15(19)14-12(16)4-3-5-13(14)20-2;/h3-5,11,17H,6-10H2,1-2H3;1H. The summed E-state index contributed by atoms with van der Waals surface area (Å²) < 4.78 is 19.0. The van der Waals surface area contributed by atoms with Gasteiger partial charge in [0.2, 0.25) is 0 Å². The van der Waals surface area contributed by atoms with Crippen LogP contribution in [0.15, 0.2) is 18.2 Å². The van der Waals surface area contributed by atoms with Gasteiger partial charge >= 0.3 is 0 Å². The van der Waals surface area contributed by atoms with E-state index in [1.807, 2.05) is 7.05 Å². The van der Waals surface area contributed by atoms with Crippen LogP contribution in [0.3, 0.4) is 0 Å². The van der Waals surface area contributed by atoms with Crippen molar-refractivity contribution in [3.05, 3.63) is 29.6 Å². The van der Waals surface area contributed by atoms with E-state index in [0.29, 0.717) is 24.8 Å². The number of halogens is 2. The first-order valence-corrected chi connectivity index (χ1v) is 6.93. The molecule has 1 heterocycles. The summed E-state index contributed by atoms with van der Waals surface area (Å²) in [5, 5.41) is 3.16. The van der Waals surface area contributed by atoms with Crippen molar-refractivity contribution in [3.8, 4) is 5.75 Å². The third-order valence-corrected chi connectivity index (χ3v) is 3.80. The summed E-state index contributed by atoms with van der Waals surface area (Å²) in [6, 6.07) is 4.46. The largest absolute Gasteiger partial charge is 0.496 e. The minimum Gasteiger partial charge on any atom is -0.496 e. The lowest BCUT2D eigenvalue weighted by molar-refractivity contribution is 0.0682. The minimum atomic E-state index is -0.522. The average molecular weight is 317 g/mol. The van der Waals surface area contributed by atoms with Crippen LogP contribution in [-0.2, 0) is 0 Å². The van der Waals surface area contributed by atoms with Crippen LogP contribution in [-0.4, -0.2) is 44.6 Å². The summed E-state index contributed by atoms with van der Waals surface area (Å²) in [5.41, 5.74) is 0.0436. The number of hydrogen-bond donors (Lipinski definition) is 1. The molecule has 1 aliphatic heterocycles. The highest BCUT2D eigenvalue weighted by atomic mass is 35.5. The zero-order chi connectivity index (χ0) is 14.5. The van der Waals surface area contributed by atoms with Gasteiger partial charge in [-0.05, 0) is 44.5 Å². The highest BCUT2D eigenvalue weighted by Crippen LogP contribution is 2.25. The van der Waals surface area contributed by atoms with E-state index < -0.39 is 5.82 Å². The predicted molar refractivity (Wildman–Crippen MR) is 82.8 cm³/mol. The number of carbonyl (C=O) groups excluding carboxylic acids is 1. The maximum Gasteiger partial charge on any atom is 0.260 e. The molecule has 0 saturated carbocycles. The number of amides is 1. The molecule has 0 bridgehead atoms. The highest BCUT2D eigenvalue weighted by Gasteiger charge is 2.27. The summed E-state index contributed by atoms with van der Waals surface area (Å²) in [6.07, 6.45) is 1.90. The molecular formula is C15H22ClFN2O2. The average Bonchev–Trinajstić information content (AvgIpc) is 2.47. The summed E-state index contributed by atoms with van der Waals surface area (Å²) in [6.45, 7) is 2.30. The monoisotopic (exact) mass is 316 g/mol. The van der Waals surface area contributed by atoms with Crippen molar-refractivity contribution in [1.29, 1.82) is 0 Å². The lowest BCUT2D eigenvalue weighted by Crippen LogP contribution is -2.40. The molecule has 0 aliphatic carbocycles. The number of carbonyl (C=O) groups is 1. The molecule has 21 heavy (non-hydrogen) atoms. The number of likely N-dealkylation sites (tertiary alicyclic amines) is 1. The molecule has 6 heteroatoms. The third kappa shape index (κ3) is 4.08. The van der Waals surface area contributed by atoms with Crippen molar-refractivity contribution in [1.82, 2.24) is 10.2 Å². The van der Waals surface area contributed by atoms with E-state index >= 15 is 0 Å². The molecule has 1 amide bonds. The number of rotatable bonds is 4. The second-order valence-electron chi connectivity index (χ2n) is 5.11. The molecule has 2 rings (SSSR count). The van der Waals surface area contributed by atoms with Crippen LogP contribution in [0.25, 0.3) is 0 Å². The highest BCUT2D eigenvalue weighted by molar-refractivity contribution is 5.97. The van der Waals surface area contributed by atoms with E-state index in [9.17, 15) is 9.18 Å². The molecule has 1 aromatic rings. The first-order valence-electron chi connectivity index (χ1n) is 6.93. The van der Waals surface area contributed by atoms with Crippen LogP contribution in [0.1, 0.15) is 23.2 Å². The molecule has 0 radical (unpaired) electrons. The molecule has 0 spiro atoms. The maximum atomic E-state index is 13.9. The van der Waals surface area contributed by atoms with E-state index in [0.717, 1.165) is 19.4 Å². The molecule has 0 atom stereocenters. The van der Waals surface area contributed by atoms with Crippen molar-refractivity contribution in [2.45, 2.75) is 12.8 Å². The molecule has 118 valence electrons. The Kier molecular flexibility index (Phi) is 6.92. The van der Waals surface area contributed by atoms with Gasteiger partial charge in [-0.1, -0.05) is 6.07 Å². The third-order valence-electron chi connectivity index (χ3n) is 3.80. The van der Waals surface area contributed by atoms with Gasteiger partial charge in [0.1, 0.15) is 17.1 Å². The molecule has 1 aromatic carbocycles. The Labute approximate surface area is 131 Å². The fourth-order valence-electron chi connectivity index (χ4n) is 2.67. The van der Waals surface area contributed by atoms with Crippen molar-refractivity contribution < 1.29 is 13.9 Å². The van der Waals surface area contributed by atoms with Crippen molar-refractivity contribution in [2.24, 2.45) is 5.92 Å². The Bertz CT molecular complexity index is 477. The first kappa shape index (κ1) is 17.7. The van der Waals surface area contributed by atoms with Crippen LogP contribution >= 0.6 is 12.4 Å². The number of hydrogen-bond acceptors (Lipinski definition) is 3. The van der Waals surface area contributed by atoms with Crippen molar-refractivity contribution in [3.63, 3.8) is 0 Å². The Balaban J connectivity index is 0.00000220. The second kappa shape index (κ2) is 8.20. The van der Waals surface area contributed by atoms with Gasteiger partial charge in [0.05, 0.1) is 7.11 Å². The Morgan fingerprint density at radius 1 is 1.43 bits per heavy atom. The molecule has 1 fully saturated rings. The lowest BCUT2D eigenvalue weighted by atomic mass is 9.96. The van der Waals surface area contributed by atoms with Crippen LogP contribution < -0.4 is 10.1 Å². The van der Waals surface area contributed by atoms with Gasteiger partial charge in [0.15, 0.2) is 0 Å². The van der Waals surface area contributed by atoms with Gasteiger partial charge in [-0.2, -0.15) is 0 Å². The second-order valence-corrected chi connectivity index (χ2v) is 5.11. The molecular weight excluding hydrogens is 295 g/mol. The van der Waals surface area contributed by atoms with Gasteiger partial charge in [-0.3, -0.25) is 4.79 Å². The summed E-state index contributed by atoms with van der Waals surface area (Å²) in [7, 11) is 3.38. The quantitative estimate of drug-likeness (QED) is 0.927. The normalized spacial score (nSPS) is 15.5. The van der Waals surface area contributed by atoms with Gasteiger partial charge in [0, 0.05) is 13.1 Å². The summed E-state index contributed by atoms with van der Waals surface area (Å²) in [5.74, 6) is 0.0912. The number of benzene rings is 1.